The van der Waals surface area contributed by atoms with E-state index in [-0.39, 0.29) is 36.8 Å². The van der Waals surface area contributed by atoms with Crippen LogP contribution >= 0.6 is 0 Å². The summed E-state index contributed by atoms with van der Waals surface area (Å²) >= 11 is 0. The molecule has 4 rings (SSSR count). The number of benzene rings is 2. The molecule has 0 aliphatic heterocycles. The van der Waals surface area contributed by atoms with E-state index < -0.39 is 18.1 Å². The summed E-state index contributed by atoms with van der Waals surface area (Å²) in [5, 5.41) is 12.0. The van der Waals surface area contributed by atoms with Crippen LogP contribution in [0.25, 0.3) is 11.1 Å². The first-order valence-electron chi connectivity index (χ1n) is 11.4. The third kappa shape index (κ3) is 4.87. The number of fused-ring (bicyclic) bond motifs is 3. The van der Waals surface area contributed by atoms with Crippen LogP contribution in [-0.4, -0.2) is 53.7 Å². The van der Waals surface area contributed by atoms with Crippen LogP contribution in [0.3, 0.4) is 0 Å². The van der Waals surface area contributed by atoms with Gasteiger partial charge in [0.25, 0.3) is 0 Å². The molecule has 1 fully saturated rings. The molecule has 33 heavy (non-hydrogen) atoms. The Kier molecular flexibility index (Phi) is 6.67. The Labute approximate surface area is 193 Å². The molecule has 2 amide bonds. The van der Waals surface area contributed by atoms with E-state index >= 15 is 0 Å². The Bertz CT molecular complexity index is 1010. The maximum absolute atomic E-state index is 12.5. The Balaban J connectivity index is 1.28. The second-order valence-corrected chi connectivity index (χ2v) is 9.07. The molecule has 2 aromatic rings. The number of likely N-dealkylation sites (N-methyl/N-ethyl adjacent to an activating group) is 1. The van der Waals surface area contributed by atoms with E-state index in [9.17, 15) is 14.4 Å². The van der Waals surface area contributed by atoms with E-state index in [0.29, 0.717) is 6.42 Å². The third-order valence-corrected chi connectivity index (χ3v) is 7.00. The second-order valence-electron chi connectivity index (χ2n) is 9.07. The van der Waals surface area contributed by atoms with Crippen molar-refractivity contribution < 1.29 is 24.2 Å². The van der Waals surface area contributed by atoms with Crippen molar-refractivity contribution in [1.29, 1.82) is 0 Å². The molecule has 7 heteroatoms. The summed E-state index contributed by atoms with van der Waals surface area (Å²) in [5.41, 5.74) is 4.72. The average Bonchev–Trinajstić information content (AvgIpc) is 3.38. The molecule has 2 N–H and O–H groups in total. The van der Waals surface area contributed by atoms with Crippen LogP contribution in [0.5, 0.6) is 0 Å². The Hall–Kier alpha value is -3.35. The lowest BCUT2D eigenvalue weighted by molar-refractivity contribution is -0.148. The highest BCUT2D eigenvalue weighted by atomic mass is 16.5. The molecule has 1 saturated carbocycles. The van der Waals surface area contributed by atoms with Crippen molar-refractivity contribution in [3.8, 4) is 11.1 Å². The van der Waals surface area contributed by atoms with Crippen molar-refractivity contribution in [1.82, 2.24) is 10.2 Å². The fraction of sp³-hybridized carbons (Fsp3) is 0.423. The summed E-state index contributed by atoms with van der Waals surface area (Å²) in [6, 6.07) is 15.5. The van der Waals surface area contributed by atoms with Crippen molar-refractivity contribution >= 4 is 18.0 Å². The minimum Gasteiger partial charge on any atom is -0.480 e. The molecule has 2 aliphatic carbocycles. The molecule has 0 radical (unpaired) electrons. The van der Waals surface area contributed by atoms with E-state index in [4.69, 9.17) is 9.84 Å². The van der Waals surface area contributed by atoms with Crippen LogP contribution in [0.1, 0.15) is 49.7 Å². The SMILES string of the molecule is C[C@@H](C(=O)O)N(C)C(=O)C[C@@H]1CC[C@H](NC(=O)OCC2c3ccccc3-c3ccccc32)C1. The highest BCUT2D eigenvalue weighted by molar-refractivity contribution is 5.83. The van der Waals surface area contributed by atoms with E-state index in [1.807, 2.05) is 24.3 Å². The summed E-state index contributed by atoms with van der Waals surface area (Å²) in [4.78, 5) is 37.2. The minimum atomic E-state index is -1.02. The smallest absolute Gasteiger partial charge is 0.407 e. The standard InChI is InChI=1S/C26H30N2O5/c1-16(25(30)31)28(2)24(29)14-17-11-12-18(13-17)27-26(32)33-15-23-21-9-5-3-7-19(21)20-8-4-6-10-22(20)23/h3-10,16-18,23H,11-15H2,1-2H3,(H,27,32)(H,30,31)/t16-,17+,18-/m0/s1. The fourth-order valence-electron chi connectivity index (χ4n) is 4.97. The van der Waals surface area contributed by atoms with Crippen molar-refractivity contribution in [2.24, 2.45) is 5.92 Å². The molecule has 0 heterocycles. The molecule has 0 bridgehead atoms. The number of nitrogens with zero attached hydrogens (tertiary/aromatic N) is 1. The second kappa shape index (κ2) is 9.65. The molecule has 0 aromatic heterocycles. The fourth-order valence-corrected chi connectivity index (χ4v) is 4.97. The van der Waals surface area contributed by atoms with Gasteiger partial charge in [-0.3, -0.25) is 4.79 Å². The molecule has 3 atom stereocenters. The van der Waals surface area contributed by atoms with Crippen molar-refractivity contribution in [3.05, 3.63) is 59.7 Å². The predicted octanol–water partition coefficient (Wildman–Crippen LogP) is 4.02. The first kappa shape index (κ1) is 22.8. The number of rotatable bonds is 7. The summed E-state index contributed by atoms with van der Waals surface area (Å²) in [7, 11) is 1.52. The van der Waals surface area contributed by atoms with E-state index in [2.05, 4.69) is 29.6 Å². The van der Waals surface area contributed by atoms with E-state index in [1.54, 1.807) is 0 Å². The summed E-state index contributed by atoms with van der Waals surface area (Å²) in [6.45, 7) is 1.77. The van der Waals surface area contributed by atoms with Gasteiger partial charge in [-0.25, -0.2) is 9.59 Å². The van der Waals surface area contributed by atoms with E-state index in [0.717, 1.165) is 12.8 Å². The number of carboxylic acids is 1. The van der Waals surface area contributed by atoms with Gasteiger partial charge in [0.15, 0.2) is 0 Å². The average molecular weight is 451 g/mol. The number of hydrogen-bond donors (Lipinski definition) is 2. The van der Waals surface area contributed by atoms with E-state index in [1.165, 1.54) is 41.1 Å². The number of hydrogen-bond acceptors (Lipinski definition) is 4. The van der Waals surface area contributed by atoms with Crippen molar-refractivity contribution in [2.75, 3.05) is 13.7 Å². The number of carbonyl (C=O) groups excluding carboxylic acids is 2. The minimum absolute atomic E-state index is 0.0175. The molecule has 0 spiro atoms. The topological polar surface area (TPSA) is 95.9 Å². The van der Waals surface area contributed by atoms with Gasteiger partial charge in [-0.15, -0.1) is 0 Å². The lowest BCUT2D eigenvalue weighted by Gasteiger charge is -2.23. The normalized spacial score (nSPS) is 19.9. The molecule has 0 saturated heterocycles. The summed E-state index contributed by atoms with van der Waals surface area (Å²) in [5.74, 6) is -1.06. The maximum atomic E-state index is 12.5. The first-order valence-corrected chi connectivity index (χ1v) is 11.4. The Morgan fingerprint density at radius 2 is 1.67 bits per heavy atom. The van der Waals surface area contributed by atoms with Gasteiger partial charge in [0.2, 0.25) is 5.91 Å². The van der Waals surface area contributed by atoms with Gasteiger partial charge in [0.05, 0.1) is 0 Å². The number of amides is 2. The number of aliphatic carboxylic acids is 1. The van der Waals surface area contributed by atoms with Crippen LogP contribution in [0.15, 0.2) is 48.5 Å². The molecular weight excluding hydrogens is 420 g/mol. The monoisotopic (exact) mass is 450 g/mol. The first-order chi connectivity index (χ1) is 15.8. The quantitative estimate of drug-likeness (QED) is 0.664. The number of carboxylic acid groups (broad SMARTS) is 1. The molecular formula is C26H30N2O5. The number of alkyl carbamates (subject to hydrolysis) is 1. The molecule has 0 unspecified atom stereocenters. The molecule has 7 nitrogen and oxygen atoms in total. The summed E-state index contributed by atoms with van der Waals surface area (Å²) in [6.07, 6.45) is 2.13. The van der Waals surface area contributed by atoms with Crippen LogP contribution in [-0.2, 0) is 14.3 Å². The molecule has 2 aromatic carbocycles. The van der Waals surface area contributed by atoms with Gasteiger partial charge in [-0.05, 0) is 54.4 Å². The van der Waals surface area contributed by atoms with Gasteiger partial charge >= 0.3 is 12.1 Å². The Morgan fingerprint density at radius 3 is 2.27 bits per heavy atom. The lowest BCUT2D eigenvalue weighted by atomic mass is 9.98. The molecule has 174 valence electrons. The van der Waals surface area contributed by atoms with Gasteiger partial charge < -0.3 is 20.1 Å². The zero-order chi connectivity index (χ0) is 23.5. The largest absolute Gasteiger partial charge is 0.480 e. The van der Waals surface area contributed by atoms with Crippen molar-refractivity contribution in [2.45, 2.75) is 50.6 Å². The zero-order valence-corrected chi connectivity index (χ0v) is 19.0. The highest BCUT2D eigenvalue weighted by Crippen LogP contribution is 2.44. The van der Waals surface area contributed by atoms with Gasteiger partial charge in [-0.2, -0.15) is 0 Å². The maximum Gasteiger partial charge on any atom is 0.407 e. The molecule has 2 aliphatic rings. The predicted molar refractivity (Wildman–Crippen MR) is 124 cm³/mol. The van der Waals surface area contributed by atoms with Gasteiger partial charge in [-0.1, -0.05) is 48.5 Å². The van der Waals surface area contributed by atoms with Crippen LogP contribution < -0.4 is 5.32 Å². The number of nitrogens with one attached hydrogen (secondary N) is 1. The third-order valence-electron chi connectivity index (χ3n) is 7.00. The van der Waals surface area contributed by atoms with Crippen LogP contribution in [0.4, 0.5) is 4.79 Å². The van der Waals surface area contributed by atoms with Gasteiger partial charge in [0, 0.05) is 25.4 Å². The van der Waals surface area contributed by atoms with Crippen LogP contribution in [0, 0.1) is 5.92 Å². The lowest BCUT2D eigenvalue weighted by Crippen LogP contribution is -2.41. The number of ether oxygens (including phenoxy) is 1. The summed E-state index contributed by atoms with van der Waals surface area (Å²) < 4.78 is 5.62. The van der Waals surface area contributed by atoms with Gasteiger partial charge in [0.1, 0.15) is 12.6 Å². The van der Waals surface area contributed by atoms with Crippen molar-refractivity contribution in [3.63, 3.8) is 0 Å². The van der Waals surface area contributed by atoms with Crippen LogP contribution in [0.2, 0.25) is 0 Å². The Morgan fingerprint density at radius 1 is 1.06 bits per heavy atom. The highest BCUT2D eigenvalue weighted by Gasteiger charge is 2.32. The zero-order valence-electron chi connectivity index (χ0n) is 19.0. The number of carbonyl (C=O) groups is 3.